The van der Waals surface area contributed by atoms with Crippen LogP contribution in [0.4, 0.5) is 0 Å². The molecule has 20 heavy (non-hydrogen) atoms. The average molecular weight is 429 g/mol. The third-order valence-corrected chi connectivity index (χ3v) is 5.96. The molecular formula is C12H15Br2NO4S. The number of carbonyl (C=O) groups is 1. The van der Waals surface area contributed by atoms with Crippen molar-refractivity contribution in [1.29, 1.82) is 0 Å². The monoisotopic (exact) mass is 427 g/mol. The first kappa shape index (κ1) is 17.6. The van der Waals surface area contributed by atoms with E-state index in [1.54, 1.807) is 13.0 Å². The van der Waals surface area contributed by atoms with Crippen molar-refractivity contribution in [1.82, 2.24) is 4.72 Å². The summed E-state index contributed by atoms with van der Waals surface area (Å²) in [5.41, 5.74) is 0.874. The average Bonchev–Trinajstić information content (AvgIpc) is 2.32. The number of rotatable bonds is 6. The van der Waals surface area contributed by atoms with Gasteiger partial charge < -0.3 is 5.11 Å². The van der Waals surface area contributed by atoms with Gasteiger partial charge in [-0.25, -0.2) is 8.42 Å². The quantitative estimate of drug-likeness (QED) is 0.729. The summed E-state index contributed by atoms with van der Waals surface area (Å²) >= 11 is 6.46. The highest BCUT2D eigenvalue weighted by molar-refractivity contribution is 9.11. The topological polar surface area (TPSA) is 83.5 Å². The molecule has 0 amide bonds. The van der Waals surface area contributed by atoms with Gasteiger partial charge >= 0.3 is 5.97 Å². The van der Waals surface area contributed by atoms with Crippen LogP contribution >= 0.6 is 31.9 Å². The maximum atomic E-state index is 12.3. The van der Waals surface area contributed by atoms with Gasteiger partial charge in [0.05, 0.1) is 4.90 Å². The zero-order valence-corrected chi connectivity index (χ0v) is 15.0. The first-order valence-electron chi connectivity index (χ1n) is 5.89. The number of carboxylic acid groups (broad SMARTS) is 1. The van der Waals surface area contributed by atoms with Gasteiger partial charge in [0.15, 0.2) is 0 Å². The molecule has 0 unspecified atom stereocenters. The third kappa shape index (κ3) is 4.28. The summed E-state index contributed by atoms with van der Waals surface area (Å²) in [7, 11) is -3.90. The van der Waals surface area contributed by atoms with Crippen LogP contribution in [0.3, 0.4) is 0 Å². The Bertz CT molecular complexity index is 616. The predicted molar refractivity (Wildman–Crippen MR) is 83.2 cm³/mol. The SMILES string of the molecule is CCC[C@@H](NS(=O)(=O)c1cc(Br)c(C)cc1Br)C(=O)O. The first-order valence-corrected chi connectivity index (χ1v) is 8.96. The van der Waals surface area contributed by atoms with Crippen molar-refractivity contribution < 1.29 is 18.3 Å². The molecule has 0 aliphatic heterocycles. The molecule has 0 heterocycles. The summed E-state index contributed by atoms with van der Waals surface area (Å²) in [5, 5.41) is 9.03. The molecule has 1 aromatic carbocycles. The van der Waals surface area contributed by atoms with Crippen molar-refractivity contribution in [2.75, 3.05) is 0 Å². The van der Waals surface area contributed by atoms with Gasteiger partial charge in [0.1, 0.15) is 6.04 Å². The van der Waals surface area contributed by atoms with Crippen LogP contribution in [-0.2, 0) is 14.8 Å². The number of hydrogen-bond donors (Lipinski definition) is 2. The molecule has 112 valence electrons. The van der Waals surface area contributed by atoms with E-state index >= 15 is 0 Å². The minimum Gasteiger partial charge on any atom is -0.480 e. The van der Waals surface area contributed by atoms with Gasteiger partial charge in [-0.2, -0.15) is 4.72 Å². The standard InChI is InChI=1S/C12H15Br2NO4S/c1-3-4-10(12(16)17)15-20(18,19)11-6-8(13)7(2)5-9(11)14/h5-6,10,15H,3-4H2,1-2H3,(H,16,17)/t10-/m1/s1. The lowest BCUT2D eigenvalue weighted by molar-refractivity contribution is -0.139. The van der Waals surface area contributed by atoms with Crippen LogP contribution in [-0.4, -0.2) is 25.5 Å². The number of benzene rings is 1. The fourth-order valence-electron chi connectivity index (χ4n) is 1.61. The van der Waals surface area contributed by atoms with Crippen LogP contribution in [0.1, 0.15) is 25.3 Å². The Hall–Kier alpha value is -0.440. The fraction of sp³-hybridized carbons (Fsp3) is 0.417. The number of carboxylic acids is 1. The molecule has 1 rings (SSSR count). The Morgan fingerprint density at radius 2 is 1.95 bits per heavy atom. The predicted octanol–water partition coefficient (Wildman–Crippen LogP) is 3.05. The van der Waals surface area contributed by atoms with Crippen molar-refractivity contribution in [2.24, 2.45) is 0 Å². The Morgan fingerprint density at radius 1 is 1.35 bits per heavy atom. The molecule has 0 fully saturated rings. The Labute approximate surface area is 135 Å². The second-order valence-electron chi connectivity index (χ2n) is 4.33. The lowest BCUT2D eigenvalue weighted by Crippen LogP contribution is -2.40. The fourth-order valence-corrected chi connectivity index (χ4v) is 4.51. The molecule has 8 heteroatoms. The molecule has 5 nitrogen and oxygen atoms in total. The van der Waals surface area contributed by atoms with E-state index in [1.165, 1.54) is 6.07 Å². The van der Waals surface area contributed by atoms with E-state index in [1.807, 2.05) is 6.92 Å². The summed E-state index contributed by atoms with van der Waals surface area (Å²) in [6.45, 7) is 3.62. The first-order chi connectivity index (χ1) is 9.19. The van der Waals surface area contributed by atoms with Crippen molar-refractivity contribution >= 4 is 47.9 Å². The van der Waals surface area contributed by atoms with Crippen LogP contribution < -0.4 is 4.72 Å². The number of hydrogen-bond acceptors (Lipinski definition) is 3. The normalized spacial score (nSPS) is 13.2. The number of sulfonamides is 1. The van der Waals surface area contributed by atoms with Crippen LogP contribution in [0.25, 0.3) is 0 Å². The lowest BCUT2D eigenvalue weighted by Gasteiger charge is -2.15. The lowest BCUT2D eigenvalue weighted by atomic mass is 10.2. The van der Waals surface area contributed by atoms with E-state index in [4.69, 9.17) is 5.11 Å². The minimum atomic E-state index is -3.90. The van der Waals surface area contributed by atoms with Crippen LogP contribution in [0.2, 0.25) is 0 Å². The van der Waals surface area contributed by atoms with E-state index in [2.05, 4.69) is 36.6 Å². The Balaban J connectivity index is 3.17. The maximum absolute atomic E-state index is 12.3. The molecule has 0 aromatic heterocycles. The van der Waals surface area contributed by atoms with E-state index in [0.29, 0.717) is 15.4 Å². The third-order valence-electron chi connectivity index (χ3n) is 2.68. The molecule has 2 N–H and O–H groups in total. The summed E-state index contributed by atoms with van der Waals surface area (Å²) < 4.78 is 27.8. The van der Waals surface area contributed by atoms with E-state index < -0.39 is 22.0 Å². The number of nitrogens with one attached hydrogen (secondary N) is 1. The molecular weight excluding hydrogens is 414 g/mol. The van der Waals surface area contributed by atoms with Gasteiger partial charge in [0.25, 0.3) is 0 Å². The minimum absolute atomic E-state index is 0.0114. The molecule has 0 saturated carbocycles. The molecule has 1 aromatic rings. The molecule has 1 atom stereocenters. The van der Waals surface area contributed by atoms with Crippen molar-refractivity contribution in [3.63, 3.8) is 0 Å². The van der Waals surface area contributed by atoms with Gasteiger partial charge in [0, 0.05) is 8.95 Å². The van der Waals surface area contributed by atoms with E-state index in [-0.39, 0.29) is 11.3 Å². The summed E-state index contributed by atoms with van der Waals surface area (Å²) in [4.78, 5) is 11.1. The molecule has 0 spiro atoms. The highest BCUT2D eigenvalue weighted by Gasteiger charge is 2.26. The van der Waals surface area contributed by atoms with Crippen molar-refractivity contribution in [3.05, 3.63) is 26.6 Å². The number of aryl methyl sites for hydroxylation is 1. The van der Waals surface area contributed by atoms with Crippen LogP contribution in [0, 0.1) is 6.92 Å². The van der Waals surface area contributed by atoms with Crippen LogP contribution in [0.5, 0.6) is 0 Å². The van der Waals surface area contributed by atoms with Gasteiger partial charge in [-0.3, -0.25) is 4.79 Å². The smallest absolute Gasteiger partial charge is 0.321 e. The second kappa shape index (κ2) is 7.02. The molecule has 0 radical (unpaired) electrons. The highest BCUT2D eigenvalue weighted by Crippen LogP contribution is 2.29. The van der Waals surface area contributed by atoms with Gasteiger partial charge in [-0.05, 0) is 47.0 Å². The van der Waals surface area contributed by atoms with Crippen LogP contribution in [0.15, 0.2) is 26.0 Å². The Kier molecular flexibility index (Phi) is 6.18. The number of aliphatic carboxylic acids is 1. The zero-order chi connectivity index (χ0) is 15.5. The summed E-state index contributed by atoms with van der Waals surface area (Å²) in [5.74, 6) is -1.18. The molecule has 0 saturated heterocycles. The second-order valence-corrected chi connectivity index (χ2v) is 7.72. The van der Waals surface area contributed by atoms with Gasteiger partial charge in [-0.1, -0.05) is 29.3 Å². The summed E-state index contributed by atoms with van der Waals surface area (Å²) in [6.07, 6.45) is 0.803. The van der Waals surface area contributed by atoms with Gasteiger partial charge in [-0.15, -0.1) is 0 Å². The Morgan fingerprint density at radius 3 is 2.45 bits per heavy atom. The number of halogens is 2. The van der Waals surface area contributed by atoms with Crippen molar-refractivity contribution in [3.8, 4) is 0 Å². The highest BCUT2D eigenvalue weighted by atomic mass is 79.9. The molecule has 0 bridgehead atoms. The van der Waals surface area contributed by atoms with Gasteiger partial charge in [0.2, 0.25) is 10.0 Å². The molecule has 0 aliphatic carbocycles. The zero-order valence-electron chi connectivity index (χ0n) is 11.0. The maximum Gasteiger partial charge on any atom is 0.321 e. The molecule has 0 aliphatic rings. The van der Waals surface area contributed by atoms with E-state index in [0.717, 1.165) is 5.56 Å². The van der Waals surface area contributed by atoms with E-state index in [9.17, 15) is 13.2 Å². The largest absolute Gasteiger partial charge is 0.480 e. The summed E-state index contributed by atoms with van der Waals surface area (Å²) in [6, 6.07) is 1.98. The van der Waals surface area contributed by atoms with Crippen molar-refractivity contribution in [2.45, 2.75) is 37.6 Å².